The fraction of sp³-hybridized carbons (Fsp3) is 0.944. The monoisotopic (exact) mass is 316 g/mol. The van der Waals surface area contributed by atoms with Gasteiger partial charge in [-0.15, -0.1) is 0 Å². The third-order valence-electron chi connectivity index (χ3n) is 6.96. The maximum absolute atomic E-state index is 11.6. The Labute approximate surface area is 137 Å². The van der Waals surface area contributed by atoms with E-state index < -0.39 is 5.60 Å². The van der Waals surface area contributed by atoms with Crippen LogP contribution >= 0.6 is 0 Å². The summed E-state index contributed by atoms with van der Waals surface area (Å²) in [6, 6.07) is 0. The van der Waals surface area contributed by atoms with Gasteiger partial charge in [0.2, 0.25) is 0 Å². The molecular formula is C18H38NO3+. The van der Waals surface area contributed by atoms with Crippen LogP contribution in [0.15, 0.2) is 0 Å². The van der Waals surface area contributed by atoms with E-state index in [1.165, 1.54) is 6.92 Å². The number of methoxy groups -OCH3 is 1. The van der Waals surface area contributed by atoms with Crippen LogP contribution in [0.25, 0.3) is 0 Å². The molecule has 0 saturated heterocycles. The summed E-state index contributed by atoms with van der Waals surface area (Å²) in [5.41, 5.74) is -1.45. The molecule has 0 radical (unpaired) electrons. The van der Waals surface area contributed by atoms with Crippen molar-refractivity contribution in [2.45, 2.75) is 91.5 Å². The van der Waals surface area contributed by atoms with Crippen molar-refractivity contribution in [1.29, 1.82) is 0 Å². The summed E-state index contributed by atoms with van der Waals surface area (Å²) in [5, 5.41) is 0. The summed E-state index contributed by atoms with van der Waals surface area (Å²) >= 11 is 0. The van der Waals surface area contributed by atoms with Crippen molar-refractivity contribution in [3.63, 3.8) is 0 Å². The molecule has 0 fully saturated rings. The smallest absolute Gasteiger partial charge is 0.303 e. The first-order valence-corrected chi connectivity index (χ1v) is 8.14. The SMILES string of the molecule is CC[N+](C)(C(C)(C)C(C)(C)OC)C(C)(C)C(C)(C)OC(C)=O. The van der Waals surface area contributed by atoms with Gasteiger partial charge in [0.1, 0.15) is 16.7 Å². The number of quaternary nitrogens is 1. The van der Waals surface area contributed by atoms with Gasteiger partial charge in [-0.1, -0.05) is 0 Å². The molecule has 132 valence electrons. The van der Waals surface area contributed by atoms with Gasteiger partial charge in [-0.2, -0.15) is 0 Å². The Hall–Kier alpha value is -0.610. The Morgan fingerprint density at radius 3 is 1.55 bits per heavy atom. The predicted molar refractivity (Wildman–Crippen MR) is 91.8 cm³/mol. The lowest BCUT2D eigenvalue weighted by Gasteiger charge is -2.63. The van der Waals surface area contributed by atoms with Crippen molar-refractivity contribution in [1.82, 2.24) is 0 Å². The van der Waals surface area contributed by atoms with Crippen LogP contribution in [-0.2, 0) is 14.3 Å². The van der Waals surface area contributed by atoms with Crippen molar-refractivity contribution in [3.8, 4) is 0 Å². The minimum absolute atomic E-state index is 0.197. The van der Waals surface area contributed by atoms with Crippen molar-refractivity contribution >= 4 is 5.97 Å². The first-order valence-electron chi connectivity index (χ1n) is 8.14. The van der Waals surface area contributed by atoms with Crippen molar-refractivity contribution in [2.75, 3.05) is 20.7 Å². The van der Waals surface area contributed by atoms with Crippen LogP contribution in [0.1, 0.15) is 69.2 Å². The second kappa shape index (κ2) is 6.12. The molecule has 0 aliphatic rings. The molecule has 0 N–H and O–H groups in total. The average Bonchev–Trinajstić information content (AvgIpc) is 2.35. The number of rotatable bonds is 7. The Morgan fingerprint density at radius 2 is 1.27 bits per heavy atom. The minimum Gasteiger partial charge on any atom is -0.453 e. The Balaban J connectivity index is 6.16. The molecule has 1 unspecified atom stereocenters. The van der Waals surface area contributed by atoms with E-state index in [-0.39, 0.29) is 22.6 Å². The Morgan fingerprint density at radius 1 is 0.909 bits per heavy atom. The van der Waals surface area contributed by atoms with Gasteiger partial charge in [0.25, 0.3) is 0 Å². The van der Waals surface area contributed by atoms with E-state index in [9.17, 15) is 4.79 Å². The molecule has 0 aromatic heterocycles. The van der Waals surface area contributed by atoms with Crippen LogP contribution < -0.4 is 0 Å². The molecule has 0 amide bonds. The molecule has 0 aliphatic carbocycles. The second-order valence-corrected chi connectivity index (χ2v) is 8.44. The maximum Gasteiger partial charge on any atom is 0.303 e. The summed E-state index contributed by atoms with van der Waals surface area (Å²) in [6.45, 7) is 21.6. The fourth-order valence-electron chi connectivity index (χ4n) is 3.41. The molecule has 0 saturated carbocycles. The summed E-state index contributed by atoms with van der Waals surface area (Å²) < 4.78 is 12.2. The molecule has 4 heteroatoms. The molecular weight excluding hydrogens is 278 g/mol. The lowest BCUT2D eigenvalue weighted by atomic mass is 9.73. The van der Waals surface area contributed by atoms with E-state index in [0.29, 0.717) is 4.48 Å². The number of hydrogen-bond acceptors (Lipinski definition) is 3. The van der Waals surface area contributed by atoms with Gasteiger partial charge in [-0.3, -0.25) is 4.79 Å². The van der Waals surface area contributed by atoms with E-state index in [1.807, 2.05) is 13.8 Å². The highest BCUT2D eigenvalue weighted by molar-refractivity contribution is 5.66. The third kappa shape index (κ3) is 3.05. The number of carbonyl (C=O) groups excluding carboxylic acids is 1. The molecule has 22 heavy (non-hydrogen) atoms. The van der Waals surface area contributed by atoms with Crippen LogP contribution in [0, 0.1) is 0 Å². The highest BCUT2D eigenvalue weighted by Crippen LogP contribution is 2.46. The van der Waals surface area contributed by atoms with Gasteiger partial charge in [0.05, 0.1) is 13.6 Å². The van der Waals surface area contributed by atoms with Crippen LogP contribution in [0.2, 0.25) is 0 Å². The van der Waals surface area contributed by atoms with E-state index >= 15 is 0 Å². The summed E-state index contributed by atoms with van der Waals surface area (Å²) in [5.74, 6) is -0.246. The normalized spacial score (nSPS) is 17.1. The zero-order valence-corrected chi connectivity index (χ0v) is 16.9. The highest BCUT2D eigenvalue weighted by atomic mass is 16.6. The summed E-state index contributed by atoms with van der Waals surface area (Å²) in [6.07, 6.45) is 0. The number of carbonyl (C=O) groups is 1. The van der Waals surface area contributed by atoms with Gasteiger partial charge in [0, 0.05) is 14.0 Å². The first-order chi connectivity index (χ1) is 9.54. The number of hydrogen-bond donors (Lipinski definition) is 0. The number of ether oxygens (including phenoxy) is 2. The zero-order valence-electron chi connectivity index (χ0n) is 16.9. The maximum atomic E-state index is 11.6. The molecule has 0 bridgehead atoms. The van der Waals surface area contributed by atoms with Gasteiger partial charge in [-0.25, -0.2) is 0 Å². The van der Waals surface area contributed by atoms with E-state index in [0.717, 1.165) is 6.54 Å². The predicted octanol–water partition coefficient (Wildman–Crippen LogP) is 3.78. The van der Waals surface area contributed by atoms with E-state index in [4.69, 9.17) is 9.47 Å². The largest absolute Gasteiger partial charge is 0.453 e. The van der Waals surface area contributed by atoms with Crippen LogP contribution in [-0.4, -0.2) is 53.4 Å². The molecule has 1 atom stereocenters. The highest BCUT2D eigenvalue weighted by Gasteiger charge is 2.63. The lowest BCUT2D eigenvalue weighted by Crippen LogP contribution is -2.79. The van der Waals surface area contributed by atoms with Crippen molar-refractivity contribution in [3.05, 3.63) is 0 Å². The quantitative estimate of drug-likeness (QED) is 0.530. The Bertz CT molecular complexity index is 411. The average molecular weight is 317 g/mol. The molecule has 0 heterocycles. The summed E-state index contributed by atoms with van der Waals surface area (Å²) in [7, 11) is 3.98. The molecule has 0 aromatic carbocycles. The molecule has 4 nitrogen and oxygen atoms in total. The molecule has 0 rings (SSSR count). The van der Waals surface area contributed by atoms with Crippen molar-refractivity contribution in [2.24, 2.45) is 0 Å². The van der Waals surface area contributed by atoms with Crippen LogP contribution in [0.3, 0.4) is 0 Å². The van der Waals surface area contributed by atoms with E-state index in [2.05, 4.69) is 55.5 Å². The van der Waals surface area contributed by atoms with Crippen molar-refractivity contribution < 1.29 is 18.8 Å². The topological polar surface area (TPSA) is 35.5 Å². The standard InChI is InChI=1S/C18H38NO3/c1-13-19(11,15(3,4)17(7,8)21-12)16(5,6)18(9,10)22-14(2)20/h13H2,1-12H3/q+1. The van der Waals surface area contributed by atoms with Gasteiger partial charge in [-0.05, 0) is 62.3 Å². The third-order valence-corrected chi connectivity index (χ3v) is 6.96. The van der Waals surface area contributed by atoms with Crippen LogP contribution in [0.5, 0.6) is 0 Å². The minimum atomic E-state index is -0.606. The van der Waals surface area contributed by atoms with E-state index in [1.54, 1.807) is 7.11 Å². The Kier molecular flexibility index (Phi) is 5.95. The lowest BCUT2D eigenvalue weighted by molar-refractivity contribution is -1.01. The van der Waals surface area contributed by atoms with Crippen LogP contribution in [0.4, 0.5) is 0 Å². The molecule has 0 aliphatic heterocycles. The number of likely N-dealkylation sites (N-methyl/N-ethyl adjacent to an activating group) is 1. The second-order valence-electron chi connectivity index (χ2n) is 8.44. The number of esters is 1. The molecule has 0 spiro atoms. The van der Waals surface area contributed by atoms with Gasteiger partial charge < -0.3 is 14.0 Å². The van der Waals surface area contributed by atoms with Gasteiger partial charge in [0.15, 0.2) is 5.60 Å². The summed E-state index contributed by atoms with van der Waals surface area (Å²) in [4.78, 5) is 11.6. The van der Waals surface area contributed by atoms with Gasteiger partial charge >= 0.3 is 5.97 Å². The first kappa shape index (κ1) is 21.4. The fourth-order valence-corrected chi connectivity index (χ4v) is 3.41. The number of nitrogens with zero attached hydrogens (tertiary/aromatic N) is 1. The zero-order chi connectivity index (χ0) is 18.2. The molecule has 0 aromatic rings.